The maximum Gasteiger partial charge on any atom is 0.385 e. The fourth-order valence-corrected chi connectivity index (χ4v) is 1.42. The zero-order valence-electron chi connectivity index (χ0n) is 8.70. The summed E-state index contributed by atoms with van der Waals surface area (Å²) in [5.74, 6) is -0.839. The number of benzene rings is 1. The second-order valence-corrected chi connectivity index (χ2v) is 3.30. The van der Waals surface area contributed by atoms with Gasteiger partial charge in [-0.2, -0.15) is 0 Å². The first-order chi connectivity index (χ1) is 8.16. The van der Waals surface area contributed by atoms with Gasteiger partial charge in [-0.1, -0.05) is 18.2 Å². The van der Waals surface area contributed by atoms with Gasteiger partial charge >= 0.3 is 5.97 Å². The first-order valence-corrected chi connectivity index (χ1v) is 4.83. The van der Waals surface area contributed by atoms with E-state index >= 15 is 0 Å². The molecule has 0 N–H and O–H groups in total. The van der Waals surface area contributed by atoms with Crippen molar-refractivity contribution in [3.8, 4) is 5.88 Å². The SMILES string of the molecule is O=C(C[N+](=O)[O-])Oc1nccc2ccccc12. The molecule has 86 valence electrons. The number of hydrogen-bond acceptors (Lipinski definition) is 5. The van der Waals surface area contributed by atoms with E-state index in [1.165, 1.54) is 6.20 Å². The van der Waals surface area contributed by atoms with Crippen LogP contribution in [-0.2, 0) is 4.79 Å². The molecule has 17 heavy (non-hydrogen) atoms. The molecule has 1 aromatic heterocycles. The molecule has 6 nitrogen and oxygen atoms in total. The summed E-state index contributed by atoms with van der Waals surface area (Å²) >= 11 is 0. The molecule has 2 aromatic rings. The molecular weight excluding hydrogens is 224 g/mol. The first-order valence-electron chi connectivity index (χ1n) is 4.83. The number of aromatic nitrogens is 1. The van der Waals surface area contributed by atoms with E-state index < -0.39 is 17.4 Å². The van der Waals surface area contributed by atoms with Crippen LogP contribution in [0.3, 0.4) is 0 Å². The van der Waals surface area contributed by atoms with Crippen molar-refractivity contribution in [3.05, 3.63) is 46.6 Å². The predicted octanol–water partition coefficient (Wildman–Crippen LogP) is 1.42. The van der Waals surface area contributed by atoms with Crippen molar-refractivity contribution in [2.45, 2.75) is 0 Å². The van der Waals surface area contributed by atoms with Gasteiger partial charge in [0.05, 0.1) is 0 Å². The van der Waals surface area contributed by atoms with Crippen molar-refractivity contribution < 1.29 is 14.5 Å². The standard InChI is InChI=1S/C11H8N2O4/c14-10(7-13(15)16)17-11-9-4-2-1-3-8(9)5-6-12-11/h1-6H,7H2. The summed E-state index contributed by atoms with van der Waals surface area (Å²) < 4.78 is 4.85. The Bertz CT molecular complexity index is 577. The number of nitrogens with zero attached hydrogens (tertiary/aromatic N) is 2. The van der Waals surface area contributed by atoms with Crippen molar-refractivity contribution in [1.82, 2.24) is 4.98 Å². The second-order valence-electron chi connectivity index (χ2n) is 3.30. The van der Waals surface area contributed by atoms with Crippen molar-refractivity contribution in [2.75, 3.05) is 6.54 Å². The average molecular weight is 232 g/mol. The Kier molecular flexibility index (Phi) is 2.95. The van der Waals surface area contributed by atoms with Gasteiger partial charge in [0.15, 0.2) is 0 Å². The molecule has 0 saturated heterocycles. The third kappa shape index (κ3) is 2.54. The molecule has 0 amide bonds. The number of esters is 1. The number of carbonyl (C=O) groups is 1. The number of ether oxygens (including phenoxy) is 1. The van der Waals surface area contributed by atoms with Gasteiger partial charge in [-0.05, 0) is 17.5 Å². The Morgan fingerprint density at radius 2 is 2.12 bits per heavy atom. The third-order valence-electron chi connectivity index (χ3n) is 2.11. The van der Waals surface area contributed by atoms with Crippen molar-refractivity contribution in [1.29, 1.82) is 0 Å². The van der Waals surface area contributed by atoms with Crippen LogP contribution in [0.4, 0.5) is 0 Å². The monoisotopic (exact) mass is 232 g/mol. The lowest BCUT2D eigenvalue weighted by Gasteiger charge is -2.04. The lowest BCUT2D eigenvalue weighted by atomic mass is 10.2. The third-order valence-corrected chi connectivity index (χ3v) is 2.11. The number of pyridine rings is 1. The molecule has 0 aliphatic rings. The molecule has 1 aromatic carbocycles. The minimum atomic E-state index is -0.932. The average Bonchev–Trinajstić information content (AvgIpc) is 2.28. The maximum absolute atomic E-state index is 11.2. The fraction of sp³-hybridized carbons (Fsp3) is 0.0909. The number of carbonyl (C=O) groups excluding carboxylic acids is 1. The molecule has 0 aliphatic heterocycles. The van der Waals surface area contributed by atoms with E-state index in [1.807, 2.05) is 12.1 Å². The Hall–Kier alpha value is -2.50. The van der Waals surface area contributed by atoms with Crippen molar-refractivity contribution in [2.24, 2.45) is 0 Å². The van der Waals surface area contributed by atoms with E-state index in [9.17, 15) is 14.9 Å². The van der Waals surface area contributed by atoms with E-state index in [0.29, 0.717) is 5.39 Å². The molecule has 2 rings (SSSR count). The van der Waals surface area contributed by atoms with Gasteiger partial charge in [0.2, 0.25) is 5.88 Å². The van der Waals surface area contributed by atoms with Crippen LogP contribution < -0.4 is 4.74 Å². The highest BCUT2D eigenvalue weighted by molar-refractivity contribution is 5.88. The first kappa shape index (κ1) is 11.0. The summed E-state index contributed by atoms with van der Waals surface area (Å²) in [5, 5.41) is 11.6. The second kappa shape index (κ2) is 4.56. The largest absolute Gasteiger partial charge is 0.402 e. The molecule has 0 radical (unpaired) electrons. The number of rotatable bonds is 3. The summed E-state index contributed by atoms with van der Waals surface area (Å²) in [6, 6.07) is 8.94. The van der Waals surface area contributed by atoms with E-state index in [0.717, 1.165) is 5.39 Å². The summed E-state index contributed by atoms with van der Waals surface area (Å²) in [6.07, 6.45) is 1.48. The topological polar surface area (TPSA) is 82.3 Å². The highest BCUT2D eigenvalue weighted by Crippen LogP contribution is 2.22. The van der Waals surface area contributed by atoms with Gasteiger partial charge in [-0.3, -0.25) is 10.1 Å². The number of nitro groups is 1. The Balaban J connectivity index is 2.30. The molecule has 0 fully saturated rings. The van der Waals surface area contributed by atoms with E-state index in [4.69, 9.17) is 4.74 Å². The quantitative estimate of drug-likeness (QED) is 0.454. The van der Waals surface area contributed by atoms with Crippen LogP contribution in [0.1, 0.15) is 0 Å². The highest BCUT2D eigenvalue weighted by Gasteiger charge is 2.14. The van der Waals surface area contributed by atoms with Gasteiger partial charge in [-0.25, -0.2) is 9.78 Å². The molecule has 0 spiro atoms. The molecule has 0 atom stereocenters. The fourth-order valence-electron chi connectivity index (χ4n) is 1.42. The lowest BCUT2D eigenvalue weighted by Crippen LogP contribution is -2.19. The minimum Gasteiger partial charge on any atom is -0.402 e. The Labute approximate surface area is 96.0 Å². The summed E-state index contributed by atoms with van der Waals surface area (Å²) in [6.45, 7) is -0.870. The van der Waals surface area contributed by atoms with Crippen LogP contribution in [0.15, 0.2) is 36.5 Å². The van der Waals surface area contributed by atoms with Gasteiger partial charge < -0.3 is 4.74 Å². The van der Waals surface area contributed by atoms with Crippen LogP contribution in [-0.4, -0.2) is 22.4 Å². The summed E-state index contributed by atoms with van der Waals surface area (Å²) in [5.41, 5.74) is 0. The van der Waals surface area contributed by atoms with E-state index in [2.05, 4.69) is 4.98 Å². The van der Waals surface area contributed by atoms with Crippen molar-refractivity contribution >= 4 is 16.7 Å². The highest BCUT2D eigenvalue weighted by atomic mass is 16.6. The molecule has 6 heteroatoms. The van der Waals surface area contributed by atoms with Gasteiger partial charge in [0.25, 0.3) is 6.54 Å². The van der Waals surface area contributed by atoms with E-state index in [1.54, 1.807) is 18.2 Å². The minimum absolute atomic E-state index is 0.0925. The van der Waals surface area contributed by atoms with Gasteiger partial charge in [-0.15, -0.1) is 0 Å². The van der Waals surface area contributed by atoms with Crippen LogP contribution in [0.2, 0.25) is 0 Å². The normalized spacial score (nSPS) is 10.1. The molecule has 0 aliphatic carbocycles. The molecule has 0 saturated carbocycles. The van der Waals surface area contributed by atoms with Crippen LogP contribution in [0.5, 0.6) is 5.88 Å². The summed E-state index contributed by atoms with van der Waals surface area (Å²) in [4.78, 5) is 24.5. The van der Waals surface area contributed by atoms with Crippen LogP contribution >= 0.6 is 0 Å². The summed E-state index contributed by atoms with van der Waals surface area (Å²) in [7, 11) is 0. The molecule has 0 bridgehead atoms. The number of fused-ring (bicyclic) bond motifs is 1. The zero-order valence-corrected chi connectivity index (χ0v) is 8.70. The Morgan fingerprint density at radius 3 is 2.88 bits per heavy atom. The van der Waals surface area contributed by atoms with Gasteiger partial charge in [0.1, 0.15) is 0 Å². The lowest BCUT2D eigenvalue weighted by molar-refractivity contribution is -0.469. The molecule has 1 heterocycles. The van der Waals surface area contributed by atoms with Gasteiger partial charge in [0, 0.05) is 16.5 Å². The predicted molar refractivity (Wildman–Crippen MR) is 59.2 cm³/mol. The smallest absolute Gasteiger partial charge is 0.385 e. The number of hydrogen-bond donors (Lipinski definition) is 0. The Morgan fingerprint density at radius 1 is 1.35 bits per heavy atom. The van der Waals surface area contributed by atoms with Crippen molar-refractivity contribution in [3.63, 3.8) is 0 Å². The van der Waals surface area contributed by atoms with Crippen LogP contribution in [0, 0.1) is 10.1 Å². The maximum atomic E-state index is 11.2. The molecule has 0 unspecified atom stereocenters. The van der Waals surface area contributed by atoms with Crippen LogP contribution in [0.25, 0.3) is 10.8 Å². The zero-order chi connectivity index (χ0) is 12.3. The van der Waals surface area contributed by atoms with E-state index in [-0.39, 0.29) is 5.88 Å². The molecular formula is C11H8N2O4.